The van der Waals surface area contributed by atoms with Crippen LogP contribution in [0.1, 0.15) is 76.1 Å². The fourth-order valence-corrected chi connectivity index (χ4v) is 4.39. The first-order chi connectivity index (χ1) is 16.9. The Morgan fingerprint density at radius 1 is 1.31 bits per heavy atom. The molecule has 1 amide bonds. The van der Waals surface area contributed by atoms with Gasteiger partial charge in [0.1, 0.15) is 11.4 Å². The molecule has 1 aliphatic rings. The summed E-state index contributed by atoms with van der Waals surface area (Å²) in [5.41, 5.74) is 3.03. The number of ether oxygens (including phenoxy) is 1. The van der Waals surface area contributed by atoms with Crippen LogP contribution in [0, 0.1) is 0 Å². The van der Waals surface area contributed by atoms with Gasteiger partial charge in [0.2, 0.25) is 0 Å². The average molecular weight is 512 g/mol. The van der Waals surface area contributed by atoms with Crippen LogP contribution in [0.25, 0.3) is 5.65 Å². The van der Waals surface area contributed by atoms with E-state index in [-0.39, 0.29) is 12.5 Å². The number of aromatic nitrogens is 3. The van der Waals surface area contributed by atoms with Crippen molar-refractivity contribution >= 4 is 33.3 Å². The molecule has 1 aliphatic carbocycles. The minimum atomic E-state index is -3.67. The SMILES string of the molecule is C=CS(=O)(=O)Nc1cccc(CN(C(=O)OC(C)(C)C)c2cc(C3CC3)nc3c(C(C)C)cnn23)c1. The molecule has 1 saturated carbocycles. The first kappa shape index (κ1) is 25.7. The summed E-state index contributed by atoms with van der Waals surface area (Å²) in [6, 6.07) is 8.79. The molecule has 0 unspecified atom stereocenters. The van der Waals surface area contributed by atoms with Gasteiger partial charge in [-0.2, -0.15) is 9.61 Å². The lowest BCUT2D eigenvalue weighted by Crippen LogP contribution is -2.37. The number of sulfonamides is 1. The highest BCUT2D eigenvalue weighted by Gasteiger charge is 2.31. The maximum Gasteiger partial charge on any atom is 0.416 e. The first-order valence-electron chi connectivity index (χ1n) is 12.0. The Balaban J connectivity index is 1.81. The molecule has 0 aliphatic heterocycles. The number of rotatable bonds is 8. The summed E-state index contributed by atoms with van der Waals surface area (Å²) in [7, 11) is -3.67. The average Bonchev–Trinajstić information content (AvgIpc) is 3.54. The Morgan fingerprint density at radius 2 is 2.03 bits per heavy atom. The minimum Gasteiger partial charge on any atom is -0.443 e. The number of nitrogens with zero attached hydrogens (tertiary/aromatic N) is 4. The number of hydrogen-bond donors (Lipinski definition) is 1. The van der Waals surface area contributed by atoms with Crippen LogP contribution >= 0.6 is 0 Å². The van der Waals surface area contributed by atoms with Gasteiger partial charge < -0.3 is 4.74 Å². The number of benzene rings is 1. The van der Waals surface area contributed by atoms with Crippen molar-refractivity contribution < 1.29 is 17.9 Å². The van der Waals surface area contributed by atoms with E-state index in [9.17, 15) is 13.2 Å². The van der Waals surface area contributed by atoms with Crippen LogP contribution in [0.4, 0.5) is 16.3 Å². The molecule has 3 aromatic rings. The quantitative estimate of drug-likeness (QED) is 0.425. The van der Waals surface area contributed by atoms with Gasteiger partial charge in [-0.05, 0) is 57.2 Å². The van der Waals surface area contributed by atoms with Gasteiger partial charge in [-0.3, -0.25) is 9.62 Å². The smallest absolute Gasteiger partial charge is 0.416 e. The van der Waals surface area contributed by atoms with Crippen LogP contribution in [0.3, 0.4) is 0 Å². The predicted octanol–water partition coefficient (Wildman–Crippen LogP) is 5.56. The number of amides is 1. The zero-order valence-corrected chi connectivity index (χ0v) is 22.2. The van der Waals surface area contributed by atoms with E-state index in [2.05, 4.69) is 30.2 Å². The van der Waals surface area contributed by atoms with Crippen LogP contribution in [0.2, 0.25) is 0 Å². The monoisotopic (exact) mass is 511 g/mol. The molecule has 0 saturated heterocycles. The zero-order chi connectivity index (χ0) is 26.3. The lowest BCUT2D eigenvalue weighted by molar-refractivity contribution is 0.0575. The van der Waals surface area contributed by atoms with E-state index in [1.165, 1.54) is 4.90 Å². The van der Waals surface area contributed by atoms with Crippen molar-refractivity contribution in [1.82, 2.24) is 14.6 Å². The Morgan fingerprint density at radius 3 is 2.64 bits per heavy atom. The lowest BCUT2D eigenvalue weighted by Gasteiger charge is -2.28. The van der Waals surface area contributed by atoms with Gasteiger partial charge in [0.25, 0.3) is 10.0 Å². The van der Waals surface area contributed by atoms with Crippen molar-refractivity contribution in [3.63, 3.8) is 0 Å². The largest absolute Gasteiger partial charge is 0.443 e. The maximum atomic E-state index is 13.5. The molecule has 0 spiro atoms. The standard InChI is InChI=1S/C26H33N5O4S/c1-7-36(33,34)29-20-10-8-9-18(13-20)16-30(25(32)35-26(4,5)6)23-14-22(19-11-12-19)28-24-21(17(2)3)15-27-31(23)24/h7-10,13-15,17,19,29H,1,11-12,16H2,2-6H3. The van der Waals surface area contributed by atoms with Crippen LogP contribution in [0.5, 0.6) is 0 Å². The number of nitrogens with one attached hydrogen (secondary N) is 1. The highest BCUT2D eigenvalue weighted by molar-refractivity contribution is 7.95. The van der Waals surface area contributed by atoms with Gasteiger partial charge in [0.05, 0.1) is 12.7 Å². The number of anilines is 2. The zero-order valence-electron chi connectivity index (χ0n) is 21.4. The molecule has 1 aromatic carbocycles. The summed E-state index contributed by atoms with van der Waals surface area (Å²) in [6.45, 7) is 13.1. The summed E-state index contributed by atoms with van der Waals surface area (Å²) in [5.74, 6) is 1.13. The highest BCUT2D eigenvalue weighted by atomic mass is 32.2. The number of fused-ring (bicyclic) bond motifs is 1. The van der Waals surface area contributed by atoms with Crippen molar-refractivity contribution in [2.24, 2.45) is 0 Å². The molecule has 2 heterocycles. The Labute approximate surface area is 212 Å². The van der Waals surface area contributed by atoms with Crippen molar-refractivity contribution in [3.8, 4) is 0 Å². The molecule has 9 nitrogen and oxygen atoms in total. The fraction of sp³-hybridized carbons (Fsp3) is 0.423. The summed E-state index contributed by atoms with van der Waals surface area (Å²) >= 11 is 0. The van der Waals surface area contributed by atoms with Gasteiger partial charge in [-0.25, -0.2) is 18.2 Å². The number of carbonyl (C=O) groups is 1. The molecule has 2 aromatic heterocycles. The third-order valence-corrected chi connectivity index (χ3v) is 6.71. The third-order valence-electron chi connectivity index (χ3n) is 5.76. The van der Waals surface area contributed by atoms with Crippen molar-refractivity contribution in [1.29, 1.82) is 0 Å². The van der Waals surface area contributed by atoms with Gasteiger partial charge in [0.15, 0.2) is 5.65 Å². The van der Waals surface area contributed by atoms with Crippen molar-refractivity contribution in [2.45, 2.75) is 71.4 Å². The molecule has 1 N–H and O–H groups in total. The van der Waals surface area contributed by atoms with E-state index >= 15 is 0 Å². The Bertz CT molecular complexity index is 1400. The number of carbonyl (C=O) groups excluding carboxylic acids is 1. The van der Waals surface area contributed by atoms with E-state index in [1.54, 1.807) is 28.9 Å². The predicted molar refractivity (Wildman–Crippen MR) is 141 cm³/mol. The summed E-state index contributed by atoms with van der Waals surface area (Å²) < 4.78 is 33.9. The maximum absolute atomic E-state index is 13.5. The first-order valence-corrected chi connectivity index (χ1v) is 13.5. The van der Waals surface area contributed by atoms with Gasteiger partial charge in [-0.1, -0.05) is 32.6 Å². The van der Waals surface area contributed by atoms with Crippen LogP contribution in [-0.4, -0.2) is 34.7 Å². The van der Waals surface area contributed by atoms with E-state index in [4.69, 9.17) is 9.72 Å². The molecule has 1 fully saturated rings. The van der Waals surface area contributed by atoms with Crippen LogP contribution in [0.15, 0.2) is 48.5 Å². The van der Waals surface area contributed by atoms with Gasteiger partial charge in [-0.15, -0.1) is 0 Å². The van der Waals surface area contributed by atoms with Gasteiger partial charge in [0, 0.05) is 34.3 Å². The summed E-state index contributed by atoms with van der Waals surface area (Å²) in [5, 5.41) is 5.43. The molecule has 0 bridgehead atoms. The normalized spacial score (nSPS) is 14.2. The van der Waals surface area contributed by atoms with Crippen molar-refractivity contribution in [2.75, 3.05) is 9.62 Å². The van der Waals surface area contributed by atoms with E-state index in [1.807, 2.05) is 32.9 Å². The lowest BCUT2D eigenvalue weighted by atomic mass is 10.1. The van der Waals surface area contributed by atoms with Crippen LogP contribution < -0.4 is 9.62 Å². The van der Waals surface area contributed by atoms with E-state index in [0.29, 0.717) is 23.0 Å². The molecule has 192 valence electrons. The van der Waals surface area contributed by atoms with Crippen LogP contribution in [-0.2, 0) is 21.3 Å². The summed E-state index contributed by atoms with van der Waals surface area (Å²) in [4.78, 5) is 20.0. The molecule has 0 radical (unpaired) electrons. The Hall–Kier alpha value is -3.40. The highest BCUT2D eigenvalue weighted by Crippen LogP contribution is 2.41. The molecule has 4 rings (SSSR count). The van der Waals surface area contributed by atoms with E-state index in [0.717, 1.165) is 35.2 Å². The Kier molecular flexibility index (Phi) is 6.83. The number of hydrogen-bond acceptors (Lipinski definition) is 6. The van der Waals surface area contributed by atoms with E-state index < -0.39 is 21.7 Å². The van der Waals surface area contributed by atoms with Gasteiger partial charge >= 0.3 is 6.09 Å². The second-order valence-electron chi connectivity index (χ2n) is 10.4. The molecular weight excluding hydrogens is 478 g/mol. The second kappa shape index (κ2) is 9.57. The summed E-state index contributed by atoms with van der Waals surface area (Å²) in [6.07, 6.45) is 3.39. The minimum absolute atomic E-state index is 0.138. The molecule has 10 heteroatoms. The molecular formula is C26H33N5O4S. The second-order valence-corrected chi connectivity index (χ2v) is 12.0. The van der Waals surface area contributed by atoms with Crippen molar-refractivity contribution in [3.05, 3.63) is 65.3 Å². The third kappa shape index (κ3) is 5.87. The molecule has 0 atom stereocenters. The topological polar surface area (TPSA) is 106 Å². The fourth-order valence-electron chi connectivity index (χ4n) is 3.85. The molecule has 36 heavy (non-hydrogen) atoms.